The molecule has 0 amide bonds. The van der Waals surface area contributed by atoms with Gasteiger partial charge in [0.2, 0.25) is 0 Å². The lowest BCUT2D eigenvalue weighted by Gasteiger charge is -2.10. The topological polar surface area (TPSA) is 178 Å². The Morgan fingerprint density at radius 3 is 2.16 bits per heavy atom. The van der Waals surface area contributed by atoms with Crippen LogP contribution in [0.2, 0.25) is 0 Å². The molecule has 4 N–H and O–H groups in total. The Labute approximate surface area is 143 Å². The largest absolute Gasteiger partial charge is 0.399 e. The third kappa shape index (κ3) is 4.87. The summed E-state index contributed by atoms with van der Waals surface area (Å²) in [6.07, 6.45) is 0. The first kappa shape index (κ1) is 19.6. The summed E-state index contributed by atoms with van der Waals surface area (Å²) in [5, 5.41) is 0.203. The Kier molecular flexibility index (Phi) is 5.09. The fourth-order valence-corrected chi connectivity index (χ4v) is 4.44. The minimum Gasteiger partial charge on any atom is -0.399 e. The zero-order valence-corrected chi connectivity index (χ0v) is 14.8. The van der Waals surface area contributed by atoms with Gasteiger partial charge in [0.1, 0.15) is 4.90 Å². The summed E-state index contributed by atoms with van der Waals surface area (Å²) < 4.78 is 90.3. The molecule has 0 aromatic heterocycles. The van der Waals surface area contributed by atoms with E-state index in [1.807, 2.05) is 0 Å². The molecule has 0 saturated heterocycles. The lowest BCUT2D eigenvalue weighted by atomic mass is 10.1. The minimum atomic E-state index is -4.82. The maximum Gasteiger partial charge on any atom is 0.397 e. The number of nitrogen functional groups attached to an aromatic ring is 1. The molecule has 0 aliphatic rings. The molecule has 0 bridgehead atoms. The molecular weight excluding hydrogens is 398 g/mol. The number of anilines is 1. The fraction of sp³-hybridized carbons (Fsp3) is 0.167. The molecule has 138 valence electrons. The van der Waals surface area contributed by atoms with Crippen LogP contribution in [-0.2, 0) is 34.5 Å². The van der Waals surface area contributed by atoms with E-state index in [2.05, 4.69) is 4.18 Å². The van der Waals surface area contributed by atoms with Crippen LogP contribution >= 0.6 is 0 Å². The molecule has 0 aliphatic heterocycles. The van der Waals surface area contributed by atoms with Gasteiger partial charge in [0.05, 0.1) is 17.3 Å². The molecule has 0 atom stereocenters. The first-order chi connectivity index (χ1) is 11.3. The van der Waals surface area contributed by atoms with Crippen LogP contribution in [0.1, 0.15) is 0 Å². The Morgan fingerprint density at radius 1 is 0.960 bits per heavy atom. The summed E-state index contributed by atoms with van der Waals surface area (Å²) in [6.45, 7) is -0.878. The van der Waals surface area contributed by atoms with Crippen LogP contribution < -0.4 is 5.73 Å². The second-order valence-corrected chi connectivity index (χ2v) is 9.54. The highest BCUT2D eigenvalue weighted by molar-refractivity contribution is 7.91. The van der Waals surface area contributed by atoms with Gasteiger partial charge in [0.15, 0.2) is 9.84 Å². The van der Waals surface area contributed by atoms with E-state index < -0.39 is 52.5 Å². The van der Waals surface area contributed by atoms with Crippen molar-refractivity contribution in [3.05, 3.63) is 30.3 Å². The van der Waals surface area contributed by atoms with E-state index in [1.165, 1.54) is 18.2 Å². The van der Waals surface area contributed by atoms with Crippen molar-refractivity contribution in [2.24, 2.45) is 0 Å². The highest BCUT2D eigenvalue weighted by Gasteiger charge is 2.22. The molecule has 13 heteroatoms. The summed E-state index contributed by atoms with van der Waals surface area (Å²) >= 11 is 0. The second kappa shape index (κ2) is 6.51. The zero-order chi connectivity index (χ0) is 19.0. The van der Waals surface area contributed by atoms with Crippen molar-refractivity contribution in [2.75, 3.05) is 18.1 Å². The van der Waals surface area contributed by atoms with Crippen molar-refractivity contribution in [1.82, 2.24) is 0 Å². The molecule has 10 nitrogen and oxygen atoms in total. The van der Waals surface area contributed by atoms with Crippen LogP contribution in [0, 0.1) is 0 Å². The summed E-state index contributed by atoms with van der Waals surface area (Å²) in [7, 11) is -13.7. The molecule has 0 saturated carbocycles. The van der Waals surface area contributed by atoms with E-state index >= 15 is 0 Å². The van der Waals surface area contributed by atoms with E-state index in [4.69, 9.17) is 10.3 Å². The molecule has 0 radical (unpaired) electrons. The minimum absolute atomic E-state index is 0.0600. The van der Waals surface area contributed by atoms with Gasteiger partial charge in [0, 0.05) is 11.1 Å². The maximum absolute atomic E-state index is 12.3. The van der Waals surface area contributed by atoms with Gasteiger partial charge in [0.25, 0.3) is 10.1 Å². The molecule has 2 aromatic rings. The highest BCUT2D eigenvalue weighted by atomic mass is 32.3. The van der Waals surface area contributed by atoms with Gasteiger partial charge in [-0.3, -0.25) is 9.11 Å². The van der Waals surface area contributed by atoms with Crippen LogP contribution in [0.15, 0.2) is 40.1 Å². The van der Waals surface area contributed by atoms with E-state index in [0.29, 0.717) is 0 Å². The van der Waals surface area contributed by atoms with Crippen molar-refractivity contribution in [1.29, 1.82) is 0 Å². The molecule has 25 heavy (non-hydrogen) atoms. The van der Waals surface area contributed by atoms with Gasteiger partial charge >= 0.3 is 10.4 Å². The van der Waals surface area contributed by atoms with E-state index in [9.17, 15) is 29.8 Å². The number of rotatable bonds is 6. The lowest BCUT2D eigenvalue weighted by Crippen LogP contribution is -2.16. The number of hydrogen-bond acceptors (Lipinski definition) is 8. The van der Waals surface area contributed by atoms with Crippen LogP contribution in [0.5, 0.6) is 0 Å². The Hall–Kier alpha value is -1.77. The van der Waals surface area contributed by atoms with Crippen LogP contribution in [0.4, 0.5) is 5.69 Å². The summed E-state index contributed by atoms with van der Waals surface area (Å²) in [4.78, 5) is -1.13. The molecule has 0 fully saturated rings. The van der Waals surface area contributed by atoms with E-state index in [1.54, 1.807) is 0 Å². The number of benzene rings is 2. The third-order valence-electron chi connectivity index (χ3n) is 3.13. The summed E-state index contributed by atoms with van der Waals surface area (Å²) in [6, 6.07) is 5.88. The van der Waals surface area contributed by atoms with Gasteiger partial charge in [-0.1, -0.05) is 6.07 Å². The lowest BCUT2D eigenvalue weighted by molar-refractivity contribution is 0.284. The van der Waals surface area contributed by atoms with Crippen molar-refractivity contribution < 1.29 is 38.5 Å². The standard InChI is InChI=1S/C12H13NO9S3/c13-9-1-2-11-8(5-9)6-10(7-12(11)24(16,17)18)23(14,15)4-3-22-25(19,20)21/h1-2,5-7H,3-4,13H2,(H,16,17,18)(H,19,20,21). The Balaban J connectivity index is 2.58. The number of nitrogens with two attached hydrogens (primary N) is 1. The molecule has 2 aromatic carbocycles. The van der Waals surface area contributed by atoms with Crippen LogP contribution in [-0.4, -0.2) is 46.7 Å². The van der Waals surface area contributed by atoms with Crippen molar-refractivity contribution in [3.63, 3.8) is 0 Å². The van der Waals surface area contributed by atoms with Gasteiger partial charge in [-0.25, -0.2) is 12.6 Å². The zero-order valence-electron chi connectivity index (χ0n) is 12.4. The third-order valence-corrected chi connectivity index (χ3v) is 6.15. The van der Waals surface area contributed by atoms with E-state index in [0.717, 1.165) is 12.1 Å². The average Bonchev–Trinajstić information content (AvgIpc) is 2.42. The monoisotopic (exact) mass is 411 g/mol. The predicted octanol–water partition coefficient (Wildman–Crippen LogP) is 0.262. The normalized spacial score (nSPS) is 13.2. The van der Waals surface area contributed by atoms with Gasteiger partial charge < -0.3 is 5.73 Å². The molecule has 0 unspecified atom stereocenters. The van der Waals surface area contributed by atoms with Crippen LogP contribution in [0.25, 0.3) is 10.8 Å². The van der Waals surface area contributed by atoms with Gasteiger partial charge in [-0.15, -0.1) is 0 Å². The Morgan fingerprint density at radius 2 is 1.60 bits per heavy atom. The smallest absolute Gasteiger partial charge is 0.397 e. The van der Waals surface area contributed by atoms with Gasteiger partial charge in [-0.05, 0) is 29.7 Å². The molecule has 2 rings (SSSR count). The molecular formula is C12H13NO9S3. The first-order valence-electron chi connectivity index (χ1n) is 6.45. The Bertz CT molecular complexity index is 1140. The second-order valence-electron chi connectivity index (χ2n) is 4.95. The average molecular weight is 411 g/mol. The number of fused-ring (bicyclic) bond motifs is 1. The number of hydrogen-bond donors (Lipinski definition) is 3. The summed E-state index contributed by atoms with van der Waals surface area (Å²) in [5.74, 6) is -0.856. The fourth-order valence-electron chi connectivity index (χ4n) is 2.09. The van der Waals surface area contributed by atoms with Gasteiger partial charge in [-0.2, -0.15) is 16.8 Å². The summed E-state index contributed by atoms with van der Waals surface area (Å²) in [5.41, 5.74) is 5.83. The van der Waals surface area contributed by atoms with Crippen molar-refractivity contribution >= 4 is 46.8 Å². The predicted molar refractivity (Wildman–Crippen MR) is 87.7 cm³/mol. The molecule has 0 heterocycles. The van der Waals surface area contributed by atoms with Crippen molar-refractivity contribution in [3.8, 4) is 0 Å². The highest BCUT2D eigenvalue weighted by Crippen LogP contribution is 2.29. The first-order valence-corrected chi connectivity index (χ1v) is 10.9. The SMILES string of the molecule is Nc1ccc2c(S(=O)(=O)O)cc(S(=O)(=O)CCOS(=O)(=O)O)cc2c1. The van der Waals surface area contributed by atoms with Crippen molar-refractivity contribution in [2.45, 2.75) is 9.79 Å². The maximum atomic E-state index is 12.3. The van der Waals surface area contributed by atoms with Crippen LogP contribution in [0.3, 0.4) is 0 Å². The molecule has 0 spiro atoms. The molecule has 0 aliphatic carbocycles. The number of sulfone groups is 1. The van der Waals surface area contributed by atoms with E-state index in [-0.39, 0.29) is 16.5 Å². The quantitative estimate of drug-likeness (QED) is 0.441.